The van der Waals surface area contributed by atoms with Crippen molar-refractivity contribution in [2.75, 3.05) is 7.05 Å². The molecule has 0 aromatic carbocycles. The van der Waals surface area contributed by atoms with Crippen molar-refractivity contribution in [2.45, 2.75) is 63.0 Å². The van der Waals surface area contributed by atoms with Gasteiger partial charge in [0.15, 0.2) is 8.32 Å². The van der Waals surface area contributed by atoms with Gasteiger partial charge in [-0.05, 0) is 39.5 Å². The molecule has 2 aliphatic rings. The van der Waals surface area contributed by atoms with Gasteiger partial charge >= 0.3 is 0 Å². The molecule has 0 aromatic heterocycles. The highest BCUT2D eigenvalue weighted by Crippen LogP contribution is 2.42. The molecular weight excluding hydrogens is 216 g/mol. The summed E-state index contributed by atoms with van der Waals surface area (Å²) in [5.41, 5.74) is -0.483. The number of fused-ring (bicyclic) bond motifs is 2. The molecule has 2 bridgehead atoms. The minimum atomic E-state index is -1.63. The standard InChI is InChI=1S/C12H22N2OSi/c1-14-10-5-6-11(14)8-12(7-10,9-13)15-16(2,3)4/h10-11H,5-8H2,1-4H3. The molecule has 4 heteroatoms. The quantitative estimate of drug-likeness (QED) is 0.693. The van der Waals surface area contributed by atoms with Gasteiger partial charge in [-0.1, -0.05) is 0 Å². The lowest BCUT2D eigenvalue weighted by atomic mass is 9.88. The molecule has 2 rings (SSSR count). The SMILES string of the molecule is CN1C2CCC1CC(C#N)(O[Si](C)(C)C)C2. The Morgan fingerprint density at radius 3 is 2.12 bits per heavy atom. The van der Waals surface area contributed by atoms with Gasteiger partial charge in [-0.25, -0.2) is 0 Å². The van der Waals surface area contributed by atoms with Gasteiger partial charge in [0.1, 0.15) is 5.60 Å². The van der Waals surface area contributed by atoms with Crippen LogP contribution in [0.3, 0.4) is 0 Å². The Morgan fingerprint density at radius 1 is 1.25 bits per heavy atom. The van der Waals surface area contributed by atoms with Crippen molar-refractivity contribution in [3.63, 3.8) is 0 Å². The number of nitriles is 1. The molecule has 2 aliphatic heterocycles. The van der Waals surface area contributed by atoms with E-state index in [4.69, 9.17) is 4.43 Å². The molecule has 2 unspecified atom stereocenters. The largest absolute Gasteiger partial charge is 0.400 e. The van der Waals surface area contributed by atoms with Crippen molar-refractivity contribution in [1.29, 1.82) is 5.26 Å². The van der Waals surface area contributed by atoms with Crippen molar-refractivity contribution in [3.8, 4) is 6.07 Å². The number of piperidine rings is 1. The van der Waals surface area contributed by atoms with E-state index >= 15 is 0 Å². The maximum atomic E-state index is 9.48. The van der Waals surface area contributed by atoms with E-state index in [-0.39, 0.29) is 0 Å². The average molecular weight is 238 g/mol. The summed E-state index contributed by atoms with van der Waals surface area (Å²) in [7, 11) is 0.560. The number of hydrogen-bond acceptors (Lipinski definition) is 3. The van der Waals surface area contributed by atoms with E-state index in [0.29, 0.717) is 12.1 Å². The highest BCUT2D eigenvalue weighted by Gasteiger charge is 2.49. The van der Waals surface area contributed by atoms with Crippen molar-refractivity contribution in [2.24, 2.45) is 0 Å². The molecule has 0 aliphatic carbocycles. The van der Waals surface area contributed by atoms with E-state index in [1.807, 2.05) is 0 Å². The van der Waals surface area contributed by atoms with Crippen LogP contribution >= 0.6 is 0 Å². The average Bonchev–Trinajstić information content (AvgIpc) is 2.40. The predicted octanol–water partition coefficient (Wildman–Crippen LogP) is 2.36. The molecule has 0 N–H and O–H groups in total. The fourth-order valence-corrected chi connectivity index (χ4v) is 4.59. The lowest BCUT2D eigenvalue weighted by Gasteiger charge is -2.43. The lowest BCUT2D eigenvalue weighted by molar-refractivity contribution is 0.0117. The molecule has 2 atom stereocenters. The van der Waals surface area contributed by atoms with Crippen LogP contribution < -0.4 is 0 Å². The smallest absolute Gasteiger partial charge is 0.185 e. The van der Waals surface area contributed by atoms with Gasteiger partial charge in [0.05, 0.1) is 6.07 Å². The summed E-state index contributed by atoms with van der Waals surface area (Å²) in [6, 6.07) is 3.61. The van der Waals surface area contributed by atoms with Gasteiger partial charge in [-0.3, -0.25) is 0 Å². The summed E-state index contributed by atoms with van der Waals surface area (Å²) < 4.78 is 6.20. The summed E-state index contributed by atoms with van der Waals surface area (Å²) in [5, 5.41) is 9.48. The highest BCUT2D eigenvalue weighted by molar-refractivity contribution is 6.69. The molecule has 2 fully saturated rings. The van der Waals surface area contributed by atoms with Crippen molar-refractivity contribution in [1.82, 2.24) is 4.90 Å². The summed E-state index contributed by atoms with van der Waals surface area (Å²) in [5.74, 6) is 0. The van der Waals surface area contributed by atoms with Crippen LogP contribution in [0.25, 0.3) is 0 Å². The maximum absolute atomic E-state index is 9.48. The van der Waals surface area contributed by atoms with Gasteiger partial charge in [-0.15, -0.1) is 0 Å². The van der Waals surface area contributed by atoms with Crippen LogP contribution in [-0.2, 0) is 4.43 Å². The second-order valence-corrected chi connectivity index (χ2v) is 10.7. The first-order chi connectivity index (χ1) is 7.35. The van der Waals surface area contributed by atoms with Gasteiger partial charge in [0.25, 0.3) is 0 Å². The monoisotopic (exact) mass is 238 g/mol. The summed E-state index contributed by atoms with van der Waals surface area (Å²) in [6.07, 6.45) is 4.28. The number of nitrogens with zero attached hydrogens (tertiary/aromatic N) is 2. The second kappa shape index (κ2) is 3.83. The van der Waals surface area contributed by atoms with E-state index in [1.165, 1.54) is 12.8 Å². The Hall–Kier alpha value is -0.373. The molecule has 3 nitrogen and oxygen atoms in total. The van der Waals surface area contributed by atoms with E-state index in [9.17, 15) is 5.26 Å². The minimum absolute atomic E-state index is 0.483. The molecule has 90 valence electrons. The lowest BCUT2D eigenvalue weighted by Crippen LogP contribution is -2.53. The predicted molar refractivity (Wildman–Crippen MR) is 66.6 cm³/mol. The van der Waals surface area contributed by atoms with Crippen LogP contribution in [0.1, 0.15) is 25.7 Å². The van der Waals surface area contributed by atoms with Gasteiger partial charge < -0.3 is 9.33 Å². The van der Waals surface area contributed by atoms with Gasteiger partial charge in [-0.2, -0.15) is 5.26 Å². The molecule has 0 saturated carbocycles. The number of hydrogen-bond donors (Lipinski definition) is 0. The Balaban J connectivity index is 2.16. The van der Waals surface area contributed by atoms with Crippen molar-refractivity contribution in [3.05, 3.63) is 0 Å². The Morgan fingerprint density at radius 2 is 1.75 bits per heavy atom. The normalized spacial score (nSPS) is 39.7. The maximum Gasteiger partial charge on any atom is 0.185 e. The molecule has 2 saturated heterocycles. The summed E-state index contributed by atoms with van der Waals surface area (Å²) >= 11 is 0. The molecule has 2 heterocycles. The van der Waals surface area contributed by atoms with E-state index in [0.717, 1.165) is 12.8 Å². The third-order valence-electron chi connectivity index (χ3n) is 3.82. The zero-order chi connectivity index (χ0) is 12.0. The molecule has 16 heavy (non-hydrogen) atoms. The van der Waals surface area contributed by atoms with Crippen molar-refractivity contribution < 1.29 is 4.43 Å². The van der Waals surface area contributed by atoms with Crippen molar-refractivity contribution >= 4 is 8.32 Å². The highest BCUT2D eigenvalue weighted by atomic mass is 28.4. The first kappa shape index (κ1) is 12.1. The minimum Gasteiger partial charge on any atom is -0.400 e. The summed E-state index contributed by atoms with van der Waals surface area (Å²) in [6.45, 7) is 6.52. The van der Waals surface area contributed by atoms with Gasteiger partial charge in [0.2, 0.25) is 0 Å². The van der Waals surface area contributed by atoms with Crippen LogP contribution in [0.2, 0.25) is 19.6 Å². The molecule has 0 radical (unpaired) electrons. The van der Waals surface area contributed by atoms with E-state index in [2.05, 4.69) is 37.7 Å². The Labute approximate surface area is 99.5 Å². The van der Waals surface area contributed by atoms with Crippen LogP contribution in [0.4, 0.5) is 0 Å². The first-order valence-electron chi connectivity index (χ1n) is 6.19. The topological polar surface area (TPSA) is 36.3 Å². The Kier molecular flexibility index (Phi) is 2.90. The van der Waals surface area contributed by atoms with Crippen LogP contribution in [0.15, 0.2) is 0 Å². The third-order valence-corrected chi connectivity index (χ3v) is 4.82. The van der Waals surface area contributed by atoms with Crippen LogP contribution in [0.5, 0.6) is 0 Å². The van der Waals surface area contributed by atoms with E-state index in [1.54, 1.807) is 0 Å². The Bertz CT molecular complexity index is 304. The molecule has 0 spiro atoms. The summed E-state index contributed by atoms with van der Waals surface area (Å²) in [4.78, 5) is 2.45. The fraction of sp³-hybridized carbons (Fsp3) is 0.917. The first-order valence-corrected chi connectivity index (χ1v) is 9.59. The van der Waals surface area contributed by atoms with Crippen LogP contribution in [-0.4, -0.2) is 37.9 Å². The third kappa shape index (κ3) is 2.17. The molecular formula is C12H22N2OSi. The second-order valence-electron chi connectivity index (χ2n) is 6.28. The van der Waals surface area contributed by atoms with Gasteiger partial charge in [0, 0.05) is 24.9 Å². The van der Waals surface area contributed by atoms with Crippen LogP contribution in [0, 0.1) is 11.3 Å². The molecule has 0 aromatic rings. The van der Waals surface area contributed by atoms with E-state index < -0.39 is 13.9 Å². The zero-order valence-electron chi connectivity index (χ0n) is 10.8. The number of rotatable bonds is 2. The molecule has 0 amide bonds. The zero-order valence-corrected chi connectivity index (χ0v) is 11.8. The fourth-order valence-electron chi connectivity index (χ4n) is 3.21.